The van der Waals surface area contributed by atoms with E-state index in [2.05, 4.69) is 14.3 Å². The quantitative estimate of drug-likeness (QED) is 0.742. The van der Waals surface area contributed by atoms with E-state index in [9.17, 15) is 5.11 Å². The van der Waals surface area contributed by atoms with Gasteiger partial charge < -0.3 is 15.7 Å². The zero-order valence-electron chi connectivity index (χ0n) is 8.05. The normalized spacial score (nSPS) is 24.1. The minimum absolute atomic E-state index is 0.245. The summed E-state index contributed by atoms with van der Waals surface area (Å²) in [5.74, 6) is 0.686. The van der Waals surface area contributed by atoms with Crippen molar-refractivity contribution in [1.29, 1.82) is 0 Å². The number of nitrogens with zero attached hydrogens (tertiary/aromatic N) is 3. The largest absolute Gasteiger partial charge is 0.393 e. The number of nitrogen functional groups attached to an aromatic ring is 1. The van der Waals surface area contributed by atoms with Crippen LogP contribution in [-0.2, 0) is 0 Å². The van der Waals surface area contributed by atoms with Gasteiger partial charge in [-0.25, -0.2) is 0 Å². The Bertz CT molecular complexity index is 314. The number of aliphatic hydroxyl groups is 1. The Labute approximate surface area is 86.7 Å². The number of rotatable bonds is 2. The first-order chi connectivity index (χ1) is 6.66. The molecule has 2 unspecified atom stereocenters. The Morgan fingerprint density at radius 1 is 1.71 bits per heavy atom. The van der Waals surface area contributed by atoms with Gasteiger partial charge in [-0.05, 0) is 13.3 Å². The molecule has 0 aromatic carbocycles. The van der Waals surface area contributed by atoms with E-state index < -0.39 is 0 Å². The summed E-state index contributed by atoms with van der Waals surface area (Å²) in [4.78, 5) is 6.25. The average molecular weight is 214 g/mol. The molecule has 1 aliphatic rings. The van der Waals surface area contributed by atoms with E-state index in [4.69, 9.17) is 5.73 Å². The van der Waals surface area contributed by atoms with Crippen LogP contribution in [0.1, 0.15) is 13.3 Å². The monoisotopic (exact) mass is 214 g/mol. The maximum atomic E-state index is 9.44. The molecule has 0 aliphatic carbocycles. The van der Waals surface area contributed by atoms with E-state index in [0.29, 0.717) is 11.9 Å². The Kier molecular flexibility index (Phi) is 2.56. The van der Waals surface area contributed by atoms with Crippen LogP contribution in [0, 0.1) is 5.92 Å². The molecule has 0 saturated carbocycles. The molecule has 0 radical (unpaired) electrons. The summed E-state index contributed by atoms with van der Waals surface area (Å²) in [6.45, 7) is 3.62. The van der Waals surface area contributed by atoms with E-state index in [0.717, 1.165) is 24.6 Å². The second kappa shape index (κ2) is 3.70. The van der Waals surface area contributed by atoms with Gasteiger partial charge in [-0.3, -0.25) is 0 Å². The van der Waals surface area contributed by atoms with Crippen LogP contribution in [0.2, 0.25) is 0 Å². The number of aromatic nitrogens is 2. The molecule has 6 heteroatoms. The highest BCUT2D eigenvalue weighted by atomic mass is 32.1. The molecule has 5 nitrogen and oxygen atoms in total. The Balaban J connectivity index is 2.02. The SMILES string of the molecule is CC(O)C1CCN(c2nc(N)ns2)C1. The van der Waals surface area contributed by atoms with E-state index in [-0.39, 0.29) is 6.10 Å². The first kappa shape index (κ1) is 9.67. The molecule has 0 bridgehead atoms. The predicted octanol–water partition coefficient (Wildman–Crippen LogP) is 0.327. The molecule has 0 spiro atoms. The molecule has 1 saturated heterocycles. The van der Waals surface area contributed by atoms with E-state index >= 15 is 0 Å². The minimum atomic E-state index is -0.245. The fourth-order valence-electron chi connectivity index (χ4n) is 1.71. The topological polar surface area (TPSA) is 75.3 Å². The van der Waals surface area contributed by atoms with Crippen molar-refractivity contribution in [2.45, 2.75) is 19.4 Å². The standard InChI is InChI=1S/C8H14N4OS/c1-5(13)6-2-3-12(4-6)8-10-7(9)11-14-8/h5-6,13H,2-4H2,1H3,(H2,9,11). The maximum Gasteiger partial charge on any atom is 0.233 e. The van der Waals surface area contributed by atoms with Crippen LogP contribution < -0.4 is 10.6 Å². The van der Waals surface area contributed by atoms with Gasteiger partial charge in [0.1, 0.15) is 0 Å². The molecule has 2 heterocycles. The van der Waals surface area contributed by atoms with Crippen LogP contribution in [-0.4, -0.2) is 33.7 Å². The Hall–Kier alpha value is -0.880. The molecule has 2 rings (SSSR count). The molecular weight excluding hydrogens is 200 g/mol. The van der Waals surface area contributed by atoms with Crippen LogP contribution in [0.3, 0.4) is 0 Å². The highest BCUT2D eigenvalue weighted by Gasteiger charge is 2.27. The van der Waals surface area contributed by atoms with Gasteiger partial charge in [0.25, 0.3) is 0 Å². The molecule has 1 fully saturated rings. The number of nitrogens with two attached hydrogens (primary N) is 1. The second-order valence-electron chi connectivity index (χ2n) is 3.67. The van der Waals surface area contributed by atoms with Gasteiger partial charge >= 0.3 is 0 Å². The van der Waals surface area contributed by atoms with Crippen molar-refractivity contribution in [1.82, 2.24) is 9.36 Å². The summed E-state index contributed by atoms with van der Waals surface area (Å²) in [6, 6.07) is 0. The first-order valence-electron chi connectivity index (χ1n) is 4.69. The lowest BCUT2D eigenvalue weighted by Gasteiger charge is -2.15. The van der Waals surface area contributed by atoms with Crippen LogP contribution in [0.25, 0.3) is 0 Å². The van der Waals surface area contributed by atoms with Crippen molar-refractivity contribution in [3.8, 4) is 0 Å². The van der Waals surface area contributed by atoms with Crippen LogP contribution >= 0.6 is 11.5 Å². The van der Waals surface area contributed by atoms with Crippen molar-refractivity contribution in [2.75, 3.05) is 23.7 Å². The molecule has 1 aromatic rings. The van der Waals surface area contributed by atoms with Crippen LogP contribution in [0.5, 0.6) is 0 Å². The number of hydrogen-bond acceptors (Lipinski definition) is 6. The smallest absolute Gasteiger partial charge is 0.233 e. The summed E-state index contributed by atoms with van der Waals surface area (Å²) in [5, 5.41) is 10.3. The van der Waals surface area contributed by atoms with Crippen molar-refractivity contribution in [3.63, 3.8) is 0 Å². The van der Waals surface area contributed by atoms with E-state index in [1.54, 1.807) is 0 Å². The highest BCUT2D eigenvalue weighted by molar-refractivity contribution is 7.09. The summed E-state index contributed by atoms with van der Waals surface area (Å²) < 4.78 is 3.94. The van der Waals surface area contributed by atoms with E-state index in [1.807, 2.05) is 6.92 Å². The van der Waals surface area contributed by atoms with Gasteiger partial charge in [-0.15, -0.1) is 0 Å². The number of hydrogen-bond donors (Lipinski definition) is 2. The van der Waals surface area contributed by atoms with Gasteiger partial charge in [-0.1, -0.05) is 0 Å². The maximum absolute atomic E-state index is 9.44. The lowest BCUT2D eigenvalue weighted by Crippen LogP contribution is -2.23. The van der Waals surface area contributed by atoms with Gasteiger partial charge in [0.15, 0.2) is 0 Å². The summed E-state index contributed by atoms with van der Waals surface area (Å²) >= 11 is 1.32. The van der Waals surface area contributed by atoms with Gasteiger partial charge in [0, 0.05) is 30.5 Å². The third-order valence-electron chi connectivity index (χ3n) is 2.61. The number of aliphatic hydroxyl groups excluding tert-OH is 1. The Morgan fingerprint density at radius 3 is 3.00 bits per heavy atom. The summed E-state index contributed by atoms with van der Waals surface area (Å²) in [7, 11) is 0. The van der Waals surface area contributed by atoms with Crippen LogP contribution in [0.4, 0.5) is 11.1 Å². The zero-order chi connectivity index (χ0) is 10.1. The lowest BCUT2D eigenvalue weighted by molar-refractivity contribution is 0.136. The fourth-order valence-corrected chi connectivity index (χ4v) is 2.34. The van der Waals surface area contributed by atoms with Crippen LogP contribution in [0.15, 0.2) is 0 Å². The first-order valence-corrected chi connectivity index (χ1v) is 5.46. The molecule has 0 amide bonds. The van der Waals surface area contributed by atoms with Gasteiger partial charge in [0.05, 0.1) is 6.10 Å². The highest BCUT2D eigenvalue weighted by Crippen LogP contribution is 2.27. The Morgan fingerprint density at radius 2 is 2.50 bits per heavy atom. The van der Waals surface area contributed by atoms with Crippen molar-refractivity contribution >= 4 is 22.6 Å². The van der Waals surface area contributed by atoms with E-state index in [1.165, 1.54) is 11.5 Å². The molecule has 1 aromatic heterocycles. The molecule has 3 N–H and O–H groups in total. The molecule has 78 valence electrons. The summed E-state index contributed by atoms with van der Waals surface area (Å²) in [6.07, 6.45) is 0.766. The molecule has 14 heavy (non-hydrogen) atoms. The third-order valence-corrected chi connectivity index (χ3v) is 3.40. The molecule has 2 atom stereocenters. The van der Waals surface area contributed by atoms with Crippen molar-refractivity contribution < 1.29 is 5.11 Å². The van der Waals surface area contributed by atoms with Gasteiger partial charge in [-0.2, -0.15) is 9.36 Å². The second-order valence-corrected chi connectivity index (χ2v) is 4.40. The molecule has 1 aliphatic heterocycles. The average Bonchev–Trinajstić information content (AvgIpc) is 2.70. The van der Waals surface area contributed by atoms with Gasteiger partial charge in [0.2, 0.25) is 11.1 Å². The third kappa shape index (κ3) is 1.80. The predicted molar refractivity (Wildman–Crippen MR) is 56.3 cm³/mol. The lowest BCUT2D eigenvalue weighted by atomic mass is 10.0. The molecular formula is C8H14N4OS. The zero-order valence-corrected chi connectivity index (χ0v) is 8.87. The van der Waals surface area contributed by atoms with Crippen molar-refractivity contribution in [2.24, 2.45) is 5.92 Å². The minimum Gasteiger partial charge on any atom is -0.393 e. The van der Waals surface area contributed by atoms with Crippen molar-refractivity contribution in [3.05, 3.63) is 0 Å². The number of anilines is 2. The fraction of sp³-hybridized carbons (Fsp3) is 0.750. The summed E-state index contributed by atoms with van der Waals surface area (Å²) in [5.41, 5.74) is 5.45.